The lowest BCUT2D eigenvalue weighted by Gasteiger charge is -2.54. The molecule has 0 saturated carbocycles. The van der Waals surface area contributed by atoms with Crippen molar-refractivity contribution in [2.75, 3.05) is 20.2 Å². The number of nitrogens with one attached hydrogen (secondary N) is 1. The van der Waals surface area contributed by atoms with Gasteiger partial charge < -0.3 is 25.3 Å². The molecule has 27 heavy (non-hydrogen) atoms. The van der Waals surface area contributed by atoms with Gasteiger partial charge in [-0.1, -0.05) is 12.1 Å². The van der Waals surface area contributed by atoms with Crippen LogP contribution in [0.4, 0.5) is 0 Å². The summed E-state index contributed by atoms with van der Waals surface area (Å²) in [5.41, 5.74) is 7.98. The van der Waals surface area contributed by atoms with E-state index in [2.05, 4.69) is 17.5 Å². The van der Waals surface area contributed by atoms with Crippen LogP contribution >= 0.6 is 0 Å². The van der Waals surface area contributed by atoms with Crippen molar-refractivity contribution in [1.82, 2.24) is 5.32 Å². The molecule has 1 saturated heterocycles. The van der Waals surface area contributed by atoms with Gasteiger partial charge in [-0.2, -0.15) is 0 Å². The molecule has 6 heteroatoms. The second kappa shape index (κ2) is 6.24. The largest absolute Gasteiger partial charge is 0.493 e. The van der Waals surface area contributed by atoms with E-state index in [4.69, 9.17) is 19.9 Å². The maximum Gasteiger partial charge on any atom is 0.306 e. The number of benzene rings is 1. The molecule has 1 aromatic carbocycles. The Balaban J connectivity index is 1.58. The number of hydrogen-bond acceptors (Lipinski definition) is 6. The Morgan fingerprint density at radius 1 is 1.41 bits per heavy atom. The summed E-state index contributed by atoms with van der Waals surface area (Å²) in [7, 11) is 1.68. The first-order chi connectivity index (χ1) is 13.2. The summed E-state index contributed by atoms with van der Waals surface area (Å²) >= 11 is 0. The van der Waals surface area contributed by atoms with Crippen molar-refractivity contribution >= 4 is 5.97 Å². The van der Waals surface area contributed by atoms with Gasteiger partial charge in [0.1, 0.15) is 6.10 Å². The molecule has 2 aliphatic carbocycles. The van der Waals surface area contributed by atoms with Crippen LogP contribution in [-0.4, -0.2) is 44.4 Å². The van der Waals surface area contributed by atoms with Crippen LogP contribution in [0.2, 0.25) is 0 Å². The number of piperidine rings is 1. The Labute approximate surface area is 159 Å². The van der Waals surface area contributed by atoms with Crippen molar-refractivity contribution in [2.45, 2.75) is 49.3 Å². The predicted molar refractivity (Wildman–Crippen MR) is 100.0 cm³/mol. The molecule has 1 fully saturated rings. The van der Waals surface area contributed by atoms with E-state index in [0.717, 1.165) is 30.9 Å². The van der Waals surface area contributed by atoms with E-state index in [-0.39, 0.29) is 23.6 Å². The van der Waals surface area contributed by atoms with Crippen LogP contribution in [0.3, 0.4) is 0 Å². The summed E-state index contributed by atoms with van der Waals surface area (Å²) in [5.74, 6) is 1.74. The van der Waals surface area contributed by atoms with Crippen molar-refractivity contribution in [1.29, 1.82) is 0 Å². The highest BCUT2D eigenvalue weighted by molar-refractivity contribution is 5.70. The minimum Gasteiger partial charge on any atom is -0.493 e. The second-order valence-corrected chi connectivity index (χ2v) is 7.98. The van der Waals surface area contributed by atoms with E-state index in [9.17, 15) is 4.79 Å². The minimum atomic E-state index is -0.381. The van der Waals surface area contributed by atoms with Gasteiger partial charge in [-0.15, -0.1) is 0 Å². The summed E-state index contributed by atoms with van der Waals surface area (Å²) in [4.78, 5) is 12.3. The van der Waals surface area contributed by atoms with Crippen molar-refractivity contribution in [2.24, 2.45) is 11.7 Å². The zero-order valence-corrected chi connectivity index (χ0v) is 15.6. The Kier molecular flexibility index (Phi) is 3.95. The molecule has 4 aliphatic rings. The normalized spacial score (nSPS) is 34.6. The molecular formula is C21H26N2O4. The highest BCUT2D eigenvalue weighted by Gasteiger charge is 2.64. The minimum absolute atomic E-state index is 0.152. The summed E-state index contributed by atoms with van der Waals surface area (Å²) in [6, 6.07) is 4.55. The van der Waals surface area contributed by atoms with E-state index >= 15 is 0 Å². The van der Waals surface area contributed by atoms with Crippen molar-refractivity contribution in [3.63, 3.8) is 0 Å². The maximum atomic E-state index is 12.3. The fourth-order valence-electron chi connectivity index (χ4n) is 5.67. The average molecular weight is 370 g/mol. The Bertz CT molecular complexity index is 808. The number of esters is 1. The van der Waals surface area contributed by atoms with E-state index in [0.29, 0.717) is 31.3 Å². The monoisotopic (exact) mass is 370 g/mol. The smallest absolute Gasteiger partial charge is 0.306 e. The predicted octanol–water partition coefficient (Wildman–Crippen LogP) is 1.45. The van der Waals surface area contributed by atoms with Gasteiger partial charge in [-0.3, -0.25) is 4.79 Å². The highest BCUT2D eigenvalue weighted by Crippen LogP contribution is 2.61. The molecule has 0 radical (unpaired) electrons. The van der Waals surface area contributed by atoms with Crippen LogP contribution < -0.4 is 20.5 Å². The third-order valence-corrected chi connectivity index (χ3v) is 6.72. The SMILES string of the molecule is COc1ccc2c3c1O[C@H]1[C@@H](OC(=O)CCCN)C=C[C@H]4C(C2)NCC[C@@]341. The lowest BCUT2D eigenvalue weighted by Crippen LogP contribution is -2.65. The third-order valence-electron chi connectivity index (χ3n) is 6.72. The molecule has 3 N–H and O–H groups in total. The molecule has 2 aliphatic heterocycles. The molecule has 144 valence electrons. The zero-order chi connectivity index (χ0) is 18.6. The number of ether oxygens (including phenoxy) is 3. The van der Waals surface area contributed by atoms with Gasteiger partial charge in [0.2, 0.25) is 0 Å². The molecule has 2 bridgehead atoms. The van der Waals surface area contributed by atoms with Crippen LogP contribution in [0.5, 0.6) is 11.5 Å². The Morgan fingerprint density at radius 2 is 2.30 bits per heavy atom. The van der Waals surface area contributed by atoms with Crippen LogP contribution in [-0.2, 0) is 21.4 Å². The molecule has 0 amide bonds. The number of carbonyl (C=O) groups is 1. The van der Waals surface area contributed by atoms with Gasteiger partial charge >= 0.3 is 5.97 Å². The first kappa shape index (κ1) is 17.1. The van der Waals surface area contributed by atoms with Crippen molar-refractivity contribution in [3.8, 4) is 11.5 Å². The molecule has 0 aromatic heterocycles. The zero-order valence-electron chi connectivity index (χ0n) is 15.6. The van der Waals surface area contributed by atoms with Crippen molar-refractivity contribution < 1.29 is 19.0 Å². The average Bonchev–Trinajstić information content (AvgIpc) is 3.01. The lowest BCUT2D eigenvalue weighted by molar-refractivity contribution is -0.154. The van der Waals surface area contributed by atoms with Crippen LogP contribution in [0, 0.1) is 5.92 Å². The molecule has 1 unspecified atom stereocenters. The van der Waals surface area contributed by atoms with E-state index in [1.807, 2.05) is 12.1 Å². The van der Waals surface area contributed by atoms with Gasteiger partial charge in [0, 0.05) is 29.4 Å². The van der Waals surface area contributed by atoms with Gasteiger partial charge in [-0.05, 0) is 50.1 Å². The lowest BCUT2D eigenvalue weighted by atomic mass is 9.53. The van der Waals surface area contributed by atoms with Crippen LogP contribution in [0.1, 0.15) is 30.4 Å². The van der Waals surface area contributed by atoms with Gasteiger partial charge in [-0.25, -0.2) is 0 Å². The highest BCUT2D eigenvalue weighted by atomic mass is 16.6. The summed E-state index contributed by atoms with van der Waals surface area (Å²) in [5, 5.41) is 3.68. The molecule has 5 atom stereocenters. The maximum absolute atomic E-state index is 12.3. The molecule has 1 aromatic rings. The molecule has 1 spiro atoms. The first-order valence-electron chi connectivity index (χ1n) is 9.87. The van der Waals surface area contributed by atoms with E-state index in [1.54, 1.807) is 7.11 Å². The van der Waals surface area contributed by atoms with Crippen LogP contribution in [0.25, 0.3) is 0 Å². The first-order valence-corrected chi connectivity index (χ1v) is 9.87. The third kappa shape index (κ3) is 2.29. The van der Waals surface area contributed by atoms with E-state index < -0.39 is 0 Å². The van der Waals surface area contributed by atoms with Crippen molar-refractivity contribution in [3.05, 3.63) is 35.4 Å². The number of methoxy groups -OCH3 is 1. The fourth-order valence-corrected chi connectivity index (χ4v) is 5.67. The van der Waals surface area contributed by atoms with Gasteiger partial charge in [0.15, 0.2) is 17.6 Å². The molecular weight excluding hydrogens is 344 g/mol. The number of hydrogen-bond donors (Lipinski definition) is 2. The Hall–Kier alpha value is -2.05. The number of rotatable bonds is 5. The number of carbonyl (C=O) groups excluding carboxylic acids is 1. The quantitative estimate of drug-likeness (QED) is 0.603. The summed E-state index contributed by atoms with van der Waals surface area (Å²) in [6.45, 7) is 1.43. The molecule has 5 rings (SSSR count). The fraction of sp³-hybridized carbons (Fsp3) is 0.571. The van der Waals surface area contributed by atoms with Crippen LogP contribution in [0.15, 0.2) is 24.3 Å². The molecule has 2 heterocycles. The summed E-state index contributed by atoms with van der Waals surface area (Å²) in [6.07, 6.45) is 6.62. The molecule has 6 nitrogen and oxygen atoms in total. The Morgan fingerprint density at radius 3 is 3.11 bits per heavy atom. The van der Waals surface area contributed by atoms with Gasteiger partial charge in [0.05, 0.1) is 7.11 Å². The summed E-state index contributed by atoms with van der Waals surface area (Å²) < 4.78 is 18.0. The van der Waals surface area contributed by atoms with E-state index in [1.165, 1.54) is 11.1 Å². The standard InChI is InChI=1S/C21H26N2O4/c1-25-15-6-4-12-11-14-13-5-7-16(26-17(24)3-2-9-22)20-21(13,8-10-23-14)18(12)19(15)27-20/h4-7,13-14,16,20,23H,2-3,8-11,22H2,1H3/t13-,14?,16-,20-,21-/m0/s1. The second-order valence-electron chi connectivity index (χ2n) is 7.98. The van der Waals surface area contributed by atoms with Gasteiger partial charge in [0.25, 0.3) is 0 Å². The topological polar surface area (TPSA) is 82.8 Å². The number of nitrogens with two attached hydrogens (primary N) is 1.